The molecule has 1 aromatic heterocycles. The zero-order valence-electron chi connectivity index (χ0n) is 12.0. The van der Waals surface area contributed by atoms with Crippen molar-refractivity contribution in [3.63, 3.8) is 0 Å². The molecule has 0 saturated carbocycles. The highest BCUT2D eigenvalue weighted by Gasteiger charge is 2.47. The van der Waals surface area contributed by atoms with Crippen molar-refractivity contribution in [3.8, 4) is 0 Å². The maximum absolute atomic E-state index is 12.7. The molecule has 1 unspecified atom stereocenters. The van der Waals surface area contributed by atoms with Gasteiger partial charge in [-0.3, -0.25) is 4.79 Å². The second-order valence-corrected chi connectivity index (χ2v) is 7.07. The summed E-state index contributed by atoms with van der Waals surface area (Å²) in [6, 6.07) is 3.94. The molecule has 5 heteroatoms. The van der Waals surface area contributed by atoms with E-state index in [2.05, 4.69) is 13.8 Å². The summed E-state index contributed by atoms with van der Waals surface area (Å²) in [5.41, 5.74) is 8.64. The molecule has 4 rings (SSSR count). The average Bonchev–Trinajstić information content (AvgIpc) is 2.91. The average molecular weight is 300 g/mol. The molecule has 1 atom stereocenters. The van der Waals surface area contributed by atoms with Crippen LogP contribution in [0.3, 0.4) is 0 Å². The first-order valence-corrected chi connectivity index (χ1v) is 7.45. The number of Topliss-reactive ketones (excluding diaryl/α,β-unsaturated/α-hetero) is 1. The number of thiocarbonyl (C=S) groups is 1. The van der Waals surface area contributed by atoms with Gasteiger partial charge < -0.3 is 15.0 Å². The summed E-state index contributed by atoms with van der Waals surface area (Å²) in [6.45, 7) is 4.16. The van der Waals surface area contributed by atoms with Crippen molar-refractivity contribution in [1.29, 1.82) is 0 Å². The smallest absolute Gasteiger partial charge is 0.198 e. The van der Waals surface area contributed by atoms with E-state index in [-0.39, 0.29) is 17.1 Å². The number of hydrogen-bond donors (Lipinski definition) is 1. The van der Waals surface area contributed by atoms with E-state index in [0.29, 0.717) is 17.3 Å². The van der Waals surface area contributed by atoms with E-state index in [1.165, 1.54) is 0 Å². The molecule has 1 aliphatic carbocycles. The van der Waals surface area contributed by atoms with E-state index in [9.17, 15) is 4.79 Å². The van der Waals surface area contributed by atoms with Gasteiger partial charge >= 0.3 is 0 Å². The van der Waals surface area contributed by atoms with Gasteiger partial charge in [-0.25, -0.2) is 0 Å². The van der Waals surface area contributed by atoms with Gasteiger partial charge in [-0.15, -0.1) is 0 Å². The number of carbonyl (C=O) groups excluding carboxylic acids is 1. The monoisotopic (exact) mass is 300 g/mol. The minimum absolute atomic E-state index is 0.0844. The third-order valence-electron chi connectivity index (χ3n) is 4.50. The Morgan fingerprint density at radius 1 is 1.38 bits per heavy atom. The Hall–Kier alpha value is -1.88. The Kier molecular flexibility index (Phi) is 2.35. The van der Waals surface area contributed by atoms with Crippen LogP contribution >= 0.6 is 12.2 Å². The first-order valence-electron chi connectivity index (χ1n) is 7.05. The minimum Gasteiger partial charge on any atom is -0.449 e. The highest BCUT2D eigenvalue weighted by atomic mass is 32.1. The molecule has 0 radical (unpaired) electrons. The third kappa shape index (κ3) is 1.61. The SMILES string of the molecule is CC1(C)CC(=O)C2=C(C1)OC(=S)C1=C(N)n3cccc3C21. The topological polar surface area (TPSA) is 57.2 Å². The molecule has 2 aliphatic heterocycles. The number of aromatic nitrogens is 1. The van der Waals surface area contributed by atoms with E-state index in [0.717, 1.165) is 29.0 Å². The first-order chi connectivity index (χ1) is 9.89. The zero-order chi connectivity index (χ0) is 14.9. The van der Waals surface area contributed by atoms with Crippen molar-refractivity contribution in [3.05, 3.63) is 40.9 Å². The lowest BCUT2D eigenvalue weighted by Crippen LogP contribution is -2.34. The minimum atomic E-state index is -0.153. The molecule has 0 aromatic carbocycles. The summed E-state index contributed by atoms with van der Waals surface area (Å²) in [7, 11) is 0. The number of allylic oxidation sites excluding steroid dienone is 2. The summed E-state index contributed by atoms with van der Waals surface area (Å²) in [4.78, 5) is 12.7. The van der Waals surface area contributed by atoms with Gasteiger partial charge in [0, 0.05) is 30.3 Å². The molecule has 0 bridgehead atoms. The Morgan fingerprint density at radius 2 is 2.14 bits per heavy atom. The normalized spacial score (nSPS) is 26.5. The third-order valence-corrected chi connectivity index (χ3v) is 4.81. The fraction of sp³-hybridized carbons (Fsp3) is 0.375. The lowest BCUT2D eigenvalue weighted by molar-refractivity contribution is -0.118. The fourth-order valence-corrected chi connectivity index (χ4v) is 3.97. The Labute approximate surface area is 128 Å². The lowest BCUT2D eigenvalue weighted by Gasteiger charge is -2.37. The van der Waals surface area contributed by atoms with Crippen LogP contribution in [0.1, 0.15) is 38.3 Å². The molecule has 0 saturated heterocycles. The summed E-state index contributed by atoms with van der Waals surface area (Å²) in [6.07, 6.45) is 3.17. The second kappa shape index (κ2) is 3.85. The highest BCUT2D eigenvalue weighted by molar-refractivity contribution is 7.80. The van der Waals surface area contributed by atoms with Gasteiger partial charge in [0.05, 0.1) is 11.5 Å². The highest BCUT2D eigenvalue weighted by Crippen LogP contribution is 2.51. The summed E-state index contributed by atoms with van der Waals surface area (Å²) < 4.78 is 7.72. The standard InChI is InChI=1S/C16H16N2O2S/c1-16(2)6-9(19)12-10(7-16)20-15(21)13-11(12)8-4-3-5-18(8)14(13)17/h3-5,11H,6-7,17H2,1-2H3. The molecule has 3 aliphatic rings. The Bertz CT molecular complexity index is 767. The maximum atomic E-state index is 12.7. The largest absolute Gasteiger partial charge is 0.449 e. The van der Waals surface area contributed by atoms with Crippen LogP contribution in [-0.4, -0.2) is 15.4 Å². The van der Waals surface area contributed by atoms with Crippen LogP contribution in [0.5, 0.6) is 0 Å². The van der Waals surface area contributed by atoms with E-state index >= 15 is 0 Å². The van der Waals surface area contributed by atoms with E-state index in [4.69, 9.17) is 22.7 Å². The van der Waals surface area contributed by atoms with Crippen molar-refractivity contribution in [1.82, 2.24) is 4.57 Å². The molecule has 108 valence electrons. The number of carbonyl (C=O) groups is 1. The molecule has 4 nitrogen and oxygen atoms in total. The predicted molar refractivity (Wildman–Crippen MR) is 83.3 cm³/mol. The molecule has 0 amide bonds. The summed E-state index contributed by atoms with van der Waals surface area (Å²) in [5.74, 6) is 1.31. The molecule has 21 heavy (non-hydrogen) atoms. The lowest BCUT2D eigenvalue weighted by atomic mass is 9.71. The van der Waals surface area contributed by atoms with Crippen molar-refractivity contribution in [2.45, 2.75) is 32.6 Å². The fourth-order valence-electron chi connectivity index (χ4n) is 3.65. The van der Waals surface area contributed by atoms with Gasteiger partial charge in [0.25, 0.3) is 0 Å². The van der Waals surface area contributed by atoms with E-state index < -0.39 is 0 Å². The van der Waals surface area contributed by atoms with Crippen LogP contribution < -0.4 is 5.73 Å². The number of nitrogens with two attached hydrogens (primary N) is 1. The van der Waals surface area contributed by atoms with Gasteiger partial charge in [-0.05, 0) is 29.8 Å². The molecule has 0 fully saturated rings. The number of rotatable bonds is 0. The van der Waals surface area contributed by atoms with Crippen LogP contribution in [0.15, 0.2) is 35.2 Å². The predicted octanol–water partition coefficient (Wildman–Crippen LogP) is 2.71. The number of nitrogens with zero attached hydrogens (tertiary/aromatic N) is 1. The van der Waals surface area contributed by atoms with Crippen LogP contribution in [0.2, 0.25) is 0 Å². The van der Waals surface area contributed by atoms with Gasteiger partial charge in [0.2, 0.25) is 0 Å². The van der Waals surface area contributed by atoms with Gasteiger partial charge in [0.1, 0.15) is 11.6 Å². The van der Waals surface area contributed by atoms with Crippen LogP contribution in [0.4, 0.5) is 0 Å². The van der Waals surface area contributed by atoms with Crippen LogP contribution in [0.25, 0.3) is 5.82 Å². The Morgan fingerprint density at radius 3 is 2.90 bits per heavy atom. The van der Waals surface area contributed by atoms with Crippen LogP contribution in [-0.2, 0) is 9.53 Å². The summed E-state index contributed by atoms with van der Waals surface area (Å²) >= 11 is 5.40. The molecule has 2 N–H and O–H groups in total. The van der Waals surface area contributed by atoms with Crippen molar-refractivity contribution in [2.24, 2.45) is 11.1 Å². The number of ether oxygens (including phenoxy) is 1. The second-order valence-electron chi connectivity index (χ2n) is 6.70. The number of fused-ring (bicyclic) bond motifs is 4. The molecular weight excluding hydrogens is 284 g/mol. The van der Waals surface area contributed by atoms with Crippen molar-refractivity contribution < 1.29 is 9.53 Å². The molecular formula is C16H16N2O2S. The van der Waals surface area contributed by atoms with Crippen molar-refractivity contribution >= 4 is 28.9 Å². The number of hydrogen-bond acceptors (Lipinski definition) is 4. The quantitative estimate of drug-likeness (QED) is 0.749. The van der Waals surface area contributed by atoms with Gasteiger partial charge in [-0.2, -0.15) is 0 Å². The van der Waals surface area contributed by atoms with E-state index in [1.807, 2.05) is 22.9 Å². The first kappa shape index (κ1) is 12.8. The van der Waals surface area contributed by atoms with Gasteiger partial charge in [-0.1, -0.05) is 13.8 Å². The van der Waals surface area contributed by atoms with Crippen molar-refractivity contribution in [2.75, 3.05) is 0 Å². The zero-order valence-corrected chi connectivity index (χ0v) is 12.8. The summed E-state index contributed by atoms with van der Waals surface area (Å²) in [5, 5.41) is 0.408. The molecule has 1 aromatic rings. The maximum Gasteiger partial charge on any atom is 0.198 e. The van der Waals surface area contributed by atoms with Crippen LogP contribution in [0, 0.1) is 5.41 Å². The number of ketones is 1. The van der Waals surface area contributed by atoms with E-state index in [1.54, 1.807) is 0 Å². The van der Waals surface area contributed by atoms with Gasteiger partial charge in [0.15, 0.2) is 10.8 Å². The molecule has 3 heterocycles. The Balaban J connectivity index is 1.96. The molecule has 0 spiro atoms.